The van der Waals surface area contributed by atoms with Crippen molar-refractivity contribution in [1.29, 1.82) is 0 Å². The minimum absolute atomic E-state index is 0.106. The Kier molecular flexibility index (Phi) is 64.0. The number of hydrogen-bond donors (Lipinski definition) is 3. The topological polar surface area (TPSA) is 237 Å². The van der Waals surface area contributed by atoms with Crippen molar-refractivity contribution in [2.24, 2.45) is 5.92 Å². The van der Waals surface area contributed by atoms with E-state index in [0.717, 1.165) is 102 Å². The summed E-state index contributed by atoms with van der Waals surface area (Å²) in [7, 11) is -9.89. The summed E-state index contributed by atoms with van der Waals surface area (Å²) in [6.45, 7) is 7.20. The van der Waals surface area contributed by atoms with E-state index in [-0.39, 0.29) is 25.7 Å². The summed E-state index contributed by atoms with van der Waals surface area (Å²) in [6, 6.07) is 0. The summed E-state index contributed by atoms with van der Waals surface area (Å²) < 4.78 is 68.1. The van der Waals surface area contributed by atoms with Crippen LogP contribution in [0.2, 0.25) is 0 Å². The van der Waals surface area contributed by atoms with Crippen LogP contribution in [0.3, 0.4) is 0 Å². The van der Waals surface area contributed by atoms with Gasteiger partial charge in [-0.05, 0) is 31.6 Å². The molecule has 19 heteroatoms. The third-order valence-corrected chi connectivity index (χ3v) is 18.7. The summed E-state index contributed by atoms with van der Waals surface area (Å²) in [4.78, 5) is 72.3. The van der Waals surface area contributed by atoms with Crippen molar-refractivity contribution in [3.8, 4) is 0 Å². The van der Waals surface area contributed by atoms with Gasteiger partial charge in [0.1, 0.15) is 19.3 Å². The largest absolute Gasteiger partial charge is 0.472 e. The average Bonchev–Trinajstić information content (AvgIpc) is 3.68. The predicted octanol–water partition coefficient (Wildman–Crippen LogP) is 20.9. The first kappa shape index (κ1) is 89.1. The van der Waals surface area contributed by atoms with Crippen molar-refractivity contribution in [2.45, 2.75) is 393 Å². The van der Waals surface area contributed by atoms with Crippen LogP contribution in [0.1, 0.15) is 375 Å². The highest BCUT2D eigenvalue weighted by molar-refractivity contribution is 7.47. The molecule has 540 valence electrons. The molecule has 0 bridgehead atoms. The Bertz CT molecular complexity index is 1750. The first-order valence-corrected chi connectivity index (χ1v) is 40.6. The second kappa shape index (κ2) is 65.4. The van der Waals surface area contributed by atoms with Crippen molar-refractivity contribution in [2.75, 3.05) is 39.6 Å². The number of phosphoric acid groups is 2. The molecule has 0 aromatic carbocycles. The Morgan fingerprint density at radius 3 is 0.747 bits per heavy atom. The maximum absolute atomic E-state index is 13.1. The van der Waals surface area contributed by atoms with Gasteiger partial charge in [-0.2, -0.15) is 0 Å². The first-order valence-electron chi connectivity index (χ1n) is 37.6. The van der Waals surface area contributed by atoms with Gasteiger partial charge >= 0.3 is 39.5 Å². The number of rotatable bonds is 72. The van der Waals surface area contributed by atoms with E-state index in [1.165, 1.54) is 193 Å². The zero-order valence-corrected chi connectivity index (χ0v) is 60.8. The number of aliphatic hydroxyl groups is 1. The first-order chi connectivity index (χ1) is 44.0. The molecule has 0 fully saturated rings. The molecule has 0 radical (unpaired) electrons. The maximum atomic E-state index is 13.1. The number of unbranched alkanes of at least 4 members (excludes halogenated alkanes) is 44. The molecule has 0 saturated heterocycles. The van der Waals surface area contributed by atoms with Crippen LogP contribution in [0.25, 0.3) is 0 Å². The van der Waals surface area contributed by atoms with Crippen LogP contribution in [0.15, 0.2) is 0 Å². The molecule has 0 spiro atoms. The molecule has 0 aromatic heterocycles. The van der Waals surface area contributed by atoms with Gasteiger partial charge in [-0.15, -0.1) is 0 Å². The lowest BCUT2D eigenvalue weighted by Crippen LogP contribution is -2.30. The quantitative estimate of drug-likeness (QED) is 0.0222. The molecular weight excluding hydrogens is 1200 g/mol. The van der Waals surface area contributed by atoms with Gasteiger partial charge in [0.2, 0.25) is 0 Å². The highest BCUT2D eigenvalue weighted by Gasteiger charge is 2.30. The summed E-state index contributed by atoms with van der Waals surface area (Å²) in [6.07, 6.45) is 53.2. The van der Waals surface area contributed by atoms with E-state index in [9.17, 15) is 43.2 Å². The molecule has 0 heterocycles. The lowest BCUT2D eigenvalue weighted by atomic mass is 10.0. The van der Waals surface area contributed by atoms with Gasteiger partial charge in [0.25, 0.3) is 0 Å². The van der Waals surface area contributed by atoms with Crippen LogP contribution < -0.4 is 0 Å². The van der Waals surface area contributed by atoms with Crippen molar-refractivity contribution >= 4 is 39.5 Å². The highest BCUT2D eigenvalue weighted by atomic mass is 31.2. The Hall–Kier alpha value is -1.94. The maximum Gasteiger partial charge on any atom is 0.472 e. The third-order valence-electron chi connectivity index (χ3n) is 16.8. The normalized spacial score (nSPS) is 14.0. The minimum Gasteiger partial charge on any atom is -0.462 e. The Morgan fingerprint density at radius 2 is 0.505 bits per heavy atom. The second-order valence-electron chi connectivity index (χ2n) is 26.5. The van der Waals surface area contributed by atoms with Crippen LogP contribution in [-0.2, 0) is 65.4 Å². The van der Waals surface area contributed by atoms with Gasteiger partial charge in [0.05, 0.1) is 26.4 Å². The smallest absolute Gasteiger partial charge is 0.462 e. The van der Waals surface area contributed by atoms with Gasteiger partial charge in [0, 0.05) is 25.7 Å². The van der Waals surface area contributed by atoms with Crippen LogP contribution in [0.5, 0.6) is 0 Å². The van der Waals surface area contributed by atoms with E-state index in [1.54, 1.807) is 0 Å². The number of ether oxygens (including phenoxy) is 4. The average molecular weight is 1340 g/mol. The highest BCUT2D eigenvalue weighted by Crippen LogP contribution is 2.45. The molecule has 0 aliphatic heterocycles. The molecule has 0 aromatic rings. The van der Waals surface area contributed by atoms with E-state index in [0.29, 0.717) is 25.7 Å². The number of carbonyl (C=O) groups excluding carboxylic acids is 4. The number of hydrogen-bond acceptors (Lipinski definition) is 15. The summed E-state index contributed by atoms with van der Waals surface area (Å²) in [5.74, 6) is -1.31. The Balaban J connectivity index is 5.11. The molecule has 17 nitrogen and oxygen atoms in total. The van der Waals surface area contributed by atoms with Crippen molar-refractivity contribution in [3.63, 3.8) is 0 Å². The number of carbonyl (C=O) groups is 4. The van der Waals surface area contributed by atoms with Crippen molar-refractivity contribution < 1.29 is 80.2 Å². The molecule has 2 unspecified atom stereocenters. The third kappa shape index (κ3) is 66.5. The molecule has 91 heavy (non-hydrogen) atoms. The fourth-order valence-electron chi connectivity index (χ4n) is 11.0. The van der Waals surface area contributed by atoms with Crippen LogP contribution >= 0.6 is 15.6 Å². The number of esters is 4. The van der Waals surface area contributed by atoms with E-state index >= 15 is 0 Å². The molecule has 3 N–H and O–H groups in total. The molecule has 5 atom stereocenters. The zero-order valence-electron chi connectivity index (χ0n) is 59.0. The van der Waals surface area contributed by atoms with Gasteiger partial charge in [-0.25, -0.2) is 9.13 Å². The van der Waals surface area contributed by atoms with E-state index in [2.05, 4.69) is 34.6 Å². The molecule has 0 amide bonds. The molecule has 0 rings (SSSR count). The fourth-order valence-corrected chi connectivity index (χ4v) is 12.6. The summed E-state index contributed by atoms with van der Waals surface area (Å²) >= 11 is 0. The van der Waals surface area contributed by atoms with E-state index < -0.39 is 97.5 Å². The van der Waals surface area contributed by atoms with E-state index in [1.807, 2.05) is 0 Å². The SMILES string of the molecule is CCCCCCCCCCCCCCCCCC(=O)OC[C@H](COP(=O)(O)OC[C@@H](O)COP(=O)(O)OC[C@@H](COC(=O)CCCCCCC)OC(=O)CCCCCCCCCCCC)OC(=O)CCCCCCCCCCCCCCCCCCCCC(C)C. The van der Waals surface area contributed by atoms with Gasteiger partial charge in [-0.3, -0.25) is 37.3 Å². The van der Waals surface area contributed by atoms with Gasteiger partial charge < -0.3 is 33.8 Å². The monoisotopic (exact) mass is 1340 g/mol. The fraction of sp³-hybridized carbons (Fsp3) is 0.944. The predicted molar refractivity (Wildman–Crippen MR) is 368 cm³/mol. The van der Waals surface area contributed by atoms with E-state index in [4.69, 9.17) is 37.0 Å². The number of aliphatic hydroxyl groups excluding tert-OH is 1. The van der Waals surface area contributed by atoms with Crippen molar-refractivity contribution in [3.05, 3.63) is 0 Å². The van der Waals surface area contributed by atoms with Gasteiger partial charge in [-0.1, -0.05) is 324 Å². The Labute approximate surface area is 556 Å². The summed E-state index contributed by atoms with van der Waals surface area (Å²) in [5.41, 5.74) is 0. The standard InChI is InChI=1S/C72H140O17P2/c1-6-9-12-15-17-19-21-22-27-31-34-38-41-46-51-56-70(75)83-62-68(89-72(77)58-53-48-43-39-35-32-29-26-24-23-25-28-30-33-36-40-45-49-54-65(4)5)64-87-91(80,81)85-60-66(73)59-84-90(78,79)86-63-67(61-82-69(74)55-50-44-14-11-8-3)88-71(76)57-52-47-42-37-20-18-16-13-10-7-2/h65-68,73H,6-64H2,1-5H3,(H,78,79)(H,80,81)/t66-,67+,68+/m0/s1. The zero-order chi connectivity index (χ0) is 67.0. The molecule has 0 saturated carbocycles. The molecule has 0 aliphatic carbocycles. The lowest BCUT2D eigenvalue weighted by Gasteiger charge is -2.21. The Morgan fingerprint density at radius 1 is 0.297 bits per heavy atom. The van der Waals surface area contributed by atoms with Crippen LogP contribution in [0, 0.1) is 5.92 Å². The lowest BCUT2D eigenvalue weighted by molar-refractivity contribution is -0.161. The molecule has 0 aliphatic rings. The van der Waals surface area contributed by atoms with Crippen LogP contribution in [0.4, 0.5) is 0 Å². The minimum atomic E-state index is -4.95. The number of phosphoric ester groups is 2. The molecular formula is C72H140O17P2. The summed E-state index contributed by atoms with van der Waals surface area (Å²) in [5, 5.41) is 10.6. The van der Waals surface area contributed by atoms with Gasteiger partial charge in [0.15, 0.2) is 12.2 Å². The van der Waals surface area contributed by atoms with Crippen LogP contribution in [-0.4, -0.2) is 96.7 Å². The second-order valence-corrected chi connectivity index (χ2v) is 29.4. The van der Waals surface area contributed by atoms with Crippen molar-refractivity contribution in [1.82, 2.24) is 0 Å².